The Balaban J connectivity index is 1.39. The van der Waals surface area contributed by atoms with Gasteiger partial charge in [-0.3, -0.25) is 9.59 Å². The number of pyridine rings is 1. The first-order valence-electron chi connectivity index (χ1n) is 16.8. The molecule has 4 aromatic rings. The molecule has 6 N–H and O–H groups in total. The summed E-state index contributed by atoms with van der Waals surface area (Å²) >= 11 is 0. The molecule has 0 unspecified atom stereocenters. The zero-order chi connectivity index (χ0) is 37.6. The molecular weight excluding hydrogens is 670 g/mol. The number of aliphatic hydroxyl groups is 2. The van der Waals surface area contributed by atoms with E-state index in [4.69, 9.17) is 29.2 Å². The maximum atomic E-state index is 10.8. The molecule has 4 rings (SSSR count). The van der Waals surface area contributed by atoms with Crippen LogP contribution in [-0.4, -0.2) is 76.9 Å². The van der Waals surface area contributed by atoms with Crippen LogP contribution < -0.4 is 29.6 Å². The third kappa shape index (κ3) is 11.4. The van der Waals surface area contributed by atoms with Crippen molar-refractivity contribution in [1.29, 1.82) is 0 Å². The summed E-state index contributed by atoms with van der Waals surface area (Å²) in [5.41, 5.74) is 7.92. The summed E-state index contributed by atoms with van der Waals surface area (Å²) in [7, 11) is 3.08. The lowest BCUT2D eigenvalue weighted by Crippen LogP contribution is -2.28. The van der Waals surface area contributed by atoms with Crippen molar-refractivity contribution >= 4 is 11.9 Å². The van der Waals surface area contributed by atoms with Gasteiger partial charge < -0.3 is 50.0 Å². The van der Waals surface area contributed by atoms with Gasteiger partial charge in [-0.2, -0.15) is 4.98 Å². The lowest BCUT2D eigenvalue weighted by atomic mass is 9.92. The quantitative estimate of drug-likeness (QED) is 0.0713. The SMILES string of the molecule is COc1cc(OCc2cccc(-c3cccc(COc4ccc(CNC[C@@H](O)CC(=O)O)c(OC)n4)c3C)c2C)ccc1CNC[C@@H](O)CC(=O)O. The molecule has 0 spiro atoms. The van der Waals surface area contributed by atoms with Crippen molar-refractivity contribution in [3.05, 3.63) is 100 Å². The molecule has 0 bridgehead atoms. The lowest BCUT2D eigenvalue weighted by Gasteiger charge is -2.17. The van der Waals surface area contributed by atoms with Gasteiger partial charge in [-0.25, -0.2) is 0 Å². The highest BCUT2D eigenvalue weighted by molar-refractivity contribution is 5.72. The zero-order valence-corrected chi connectivity index (χ0v) is 29.8. The molecule has 3 aromatic carbocycles. The van der Waals surface area contributed by atoms with Crippen LogP contribution in [0.25, 0.3) is 11.1 Å². The molecule has 0 aliphatic heterocycles. The van der Waals surface area contributed by atoms with Crippen molar-refractivity contribution in [3.8, 4) is 34.4 Å². The van der Waals surface area contributed by atoms with Gasteiger partial charge in [0.2, 0.25) is 11.8 Å². The highest BCUT2D eigenvalue weighted by Gasteiger charge is 2.15. The summed E-state index contributed by atoms with van der Waals surface area (Å²) in [6.45, 7) is 5.75. The number of carboxylic acid groups (broad SMARTS) is 2. The van der Waals surface area contributed by atoms with Gasteiger partial charge in [0.1, 0.15) is 24.7 Å². The standard InChI is InChI=1S/C39H47N3O10/c1-24-28(22-51-32-13-11-26(35(17-32)49-3)18-40-20-30(43)15-37(45)46)7-5-9-33(24)34-10-6-8-29(25(34)2)23-52-36-14-12-27(39(42-36)50-4)19-41-21-31(44)16-38(47)48/h5-14,17,30-31,40-41,43-44H,15-16,18-23H2,1-4H3,(H,45,46)(H,47,48)/t30-,31-/m0/s1. The van der Waals surface area contributed by atoms with Crippen molar-refractivity contribution in [1.82, 2.24) is 15.6 Å². The van der Waals surface area contributed by atoms with Crippen molar-refractivity contribution in [3.63, 3.8) is 0 Å². The Morgan fingerprint density at radius 3 is 1.77 bits per heavy atom. The maximum Gasteiger partial charge on any atom is 0.306 e. The maximum absolute atomic E-state index is 10.8. The van der Waals surface area contributed by atoms with Gasteiger partial charge in [0.25, 0.3) is 0 Å². The second kappa shape index (κ2) is 19.4. The number of aliphatic carboxylic acids is 2. The Labute approximate surface area is 303 Å². The van der Waals surface area contributed by atoms with Gasteiger partial charge in [-0.15, -0.1) is 0 Å². The Morgan fingerprint density at radius 1 is 0.692 bits per heavy atom. The number of carbonyl (C=O) groups is 2. The Kier molecular flexibility index (Phi) is 14.8. The van der Waals surface area contributed by atoms with Gasteiger partial charge >= 0.3 is 11.9 Å². The van der Waals surface area contributed by atoms with Crippen LogP contribution in [0.5, 0.6) is 23.3 Å². The number of hydrogen-bond acceptors (Lipinski definition) is 11. The molecule has 0 fully saturated rings. The molecular formula is C39H47N3O10. The van der Waals surface area contributed by atoms with Gasteiger partial charge in [0, 0.05) is 49.4 Å². The van der Waals surface area contributed by atoms with E-state index in [1.807, 2.05) is 48.5 Å². The molecule has 0 saturated heterocycles. The van der Waals surface area contributed by atoms with Crippen molar-refractivity contribution < 1.29 is 49.0 Å². The smallest absolute Gasteiger partial charge is 0.306 e. The summed E-state index contributed by atoms with van der Waals surface area (Å²) in [5.74, 6) is -0.101. The topological polar surface area (TPSA) is 189 Å². The summed E-state index contributed by atoms with van der Waals surface area (Å²) in [6.07, 6.45) is -2.64. The van der Waals surface area contributed by atoms with Crippen LogP contribution in [0, 0.1) is 13.8 Å². The second-order valence-electron chi connectivity index (χ2n) is 12.3. The van der Waals surface area contributed by atoms with E-state index in [9.17, 15) is 19.8 Å². The number of benzene rings is 3. The number of nitrogens with one attached hydrogen (secondary N) is 2. The molecule has 1 aromatic heterocycles. The number of aromatic nitrogens is 1. The van der Waals surface area contributed by atoms with Crippen LogP contribution in [0.4, 0.5) is 0 Å². The fourth-order valence-corrected chi connectivity index (χ4v) is 5.68. The fraction of sp³-hybridized carbons (Fsp3) is 0.359. The van der Waals surface area contributed by atoms with Gasteiger partial charge in [0.05, 0.1) is 39.3 Å². The van der Waals surface area contributed by atoms with E-state index in [0.29, 0.717) is 43.0 Å². The molecule has 0 saturated carbocycles. The summed E-state index contributed by atoms with van der Waals surface area (Å²) < 4.78 is 23.3. The van der Waals surface area contributed by atoms with E-state index < -0.39 is 24.1 Å². The minimum atomic E-state index is -1.06. The summed E-state index contributed by atoms with van der Waals surface area (Å²) in [4.78, 5) is 26.0. The summed E-state index contributed by atoms with van der Waals surface area (Å²) in [5, 5.41) is 43.3. The molecule has 1 heterocycles. The normalized spacial score (nSPS) is 12.2. The highest BCUT2D eigenvalue weighted by Crippen LogP contribution is 2.32. The Hall–Kier alpha value is -5.21. The Bertz CT molecular complexity index is 1680. The molecule has 0 aliphatic rings. The van der Waals surface area contributed by atoms with Crippen molar-refractivity contribution in [2.24, 2.45) is 0 Å². The first-order chi connectivity index (χ1) is 25.0. The number of methoxy groups -OCH3 is 2. The predicted molar refractivity (Wildman–Crippen MR) is 194 cm³/mol. The number of rotatable bonds is 21. The van der Waals surface area contributed by atoms with Crippen molar-refractivity contribution in [2.75, 3.05) is 27.3 Å². The number of nitrogens with zero attached hydrogens (tertiary/aromatic N) is 1. The fourth-order valence-electron chi connectivity index (χ4n) is 5.68. The Morgan fingerprint density at radius 2 is 1.23 bits per heavy atom. The van der Waals surface area contributed by atoms with E-state index in [2.05, 4.69) is 41.6 Å². The van der Waals surface area contributed by atoms with Gasteiger partial charge in [-0.05, 0) is 59.4 Å². The van der Waals surface area contributed by atoms with Crippen LogP contribution in [0.2, 0.25) is 0 Å². The molecule has 0 amide bonds. The monoisotopic (exact) mass is 717 g/mol. The van der Waals surface area contributed by atoms with E-state index >= 15 is 0 Å². The minimum absolute atomic E-state index is 0.119. The van der Waals surface area contributed by atoms with E-state index in [-0.39, 0.29) is 32.5 Å². The first kappa shape index (κ1) is 39.6. The first-order valence-corrected chi connectivity index (χ1v) is 16.8. The largest absolute Gasteiger partial charge is 0.496 e. The van der Waals surface area contributed by atoms with E-state index in [1.165, 1.54) is 7.11 Å². The van der Waals surface area contributed by atoms with Crippen molar-refractivity contribution in [2.45, 2.75) is 65.2 Å². The van der Waals surface area contributed by atoms with Gasteiger partial charge in [-0.1, -0.05) is 42.5 Å². The summed E-state index contributed by atoms with van der Waals surface area (Å²) in [6, 6.07) is 21.3. The van der Waals surface area contributed by atoms with Crippen LogP contribution in [0.15, 0.2) is 66.7 Å². The van der Waals surface area contributed by atoms with Crippen LogP contribution in [0.1, 0.15) is 46.2 Å². The number of carboxylic acids is 2. The molecule has 278 valence electrons. The number of hydrogen-bond donors (Lipinski definition) is 6. The molecule has 2 atom stereocenters. The van der Waals surface area contributed by atoms with E-state index in [0.717, 1.165) is 44.5 Å². The second-order valence-corrected chi connectivity index (χ2v) is 12.3. The zero-order valence-electron chi connectivity index (χ0n) is 29.8. The third-order valence-electron chi connectivity index (χ3n) is 8.53. The molecule has 52 heavy (non-hydrogen) atoms. The lowest BCUT2D eigenvalue weighted by molar-refractivity contribution is -0.140. The molecule has 13 nitrogen and oxygen atoms in total. The minimum Gasteiger partial charge on any atom is -0.496 e. The van der Waals surface area contributed by atoms with Crippen LogP contribution in [-0.2, 0) is 35.9 Å². The highest BCUT2D eigenvalue weighted by atomic mass is 16.5. The number of aliphatic hydroxyl groups excluding tert-OH is 2. The molecule has 0 aliphatic carbocycles. The van der Waals surface area contributed by atoms with Crippen LogP contribution in [0.3, 0.4) is 0 Å². The molecule has 0 radical (unpaired) electrons. The van der Waals surface area contributed by atoms with E-state index in [1.54, 1.807) is 13.2 Å². The molecule has 13 heteroatoms. The number of ether oxygens (including phenoxy) is 4. The predicted octanol–water partition coefficient (Wildman–Crippen LogP) is 4.39. The third-order valence-corrected chi connectivity index (χ3v) is 8.53. The average Bonchev–Trinajstić information content (AvgIpc) is 3.11. The van der Waals surface area contributed by atoms with Gasteiger partial charge in [0.15, 0.2) is 0 Å². The van der Waals surface area contributed by atoms with Crippen LogP contribution >= 0.6 is 0 Å². The average molecular weight is 718 g/mol.